The Hall–Kier alpha value is -2.68. The molecular formula is C22H31FN4O4. The van der Waals surface area contributed by atoms with E-state index in [4.69, 9.17) is 5.73 Å². The number of nitrogens with two attached hydrogens (primary N) is 1. The van der Waals surface area contributed by atoms with E-state index < -0.39 is 5.97 Å². The third-order valence-electron chi connectivity index (χ3n) is 6.67. The van der Waals surface area contributed by atoms with Crippen LogP contribution >= 0.6 is 0 Å². The van der Waals surface area contributed by atoms with Gasteiger partial charge in [0, 0.05) is 49.9 Å². The second kappa shape index (κ2) is 10.6. The molecule has 1 aromatic carbocycles. The molecule has 0 spiro atoms. The van der Waals surface area contributed by atoms with E-state index in [0.29, 0.717) is 25.2 Å². The van der Waals surface area contributed by atoms with Crippen LogP contribution < -0.4 is 21.1 Å². The lowest BCUT2D eigenvalue weighted by Crippen LogP contribution is -3.13. The number of aliphatic carboxylic acids is 1. The highest BCUT2D eigenvalue weighted by Gasteiger charge is 2.33. The summed E-state index contributed by atoms with van der Waals surface area (Å²) in [5.41, 5.74) is 5.92. The SMILES string of the molecule is NC(=O)C1CC[NH+](CC[C@H]2CN(C(=O)Nc3ccc(F)cc3)CC[C@H]2CC(=O)[O-])CC1. The first kappa shape index (κ1) is 23.0. The van der Waals surface area contributed by atoms with Gasteiger partial charge in [-0.05, 0) is 48.9 Å². The average molecular weight is 435 g/mol. The summed E-state index contributed by atoms with van der Waals surface area (Å²) in [5, 5.41) is 14.0. The van der Waals surface area contributed by atoms with Crippen molar-refractivity contribution >= 4 is 23.6 Å². The number of hydrogen-bond acceptors (Lipinski definition) is 4. The predicted octanol–water partition coefficient (Wildman–Crippen LogP) is -0.394. The van der Waals surface area contributed by atoms with Gasteiger partial charge in [0.05, 0.1) is 19.6 Å². The van der Waals surface area contributed by atoms with Crippen molar-refractivity contribution in [3.63, 3.8) is 0 Å². The number of urea groups is 1. The zero-order valence-corrected chi connectivity index (χ0v) is 17.6. The van der Waals surface area contributed by atoms with Gasteiger partial charge in [-0.2, -0.15) is 0 Å². The van der Waals surface area contributed by atoms with Crippen molar-refractivity contribution in [2.75, 3.05) is 38.0 Å². The van der Waals surface area contributed by atoms with Gasteiger partial charge in [-0.25, -0.2) is 9.18 Å². The number of carbonyl (C=O) groups excluding carboxylic acids is 3. The number of likely N-dealkylation sites (tertiary alicyclic amines) is 2. The highest BCUT2D eigenvalue weighted by molar-refractivity contribution is 5.89. The van der Waals surface area contributed by atoms with Gasteiger partial charge in [0.25, 0.3) is 0 Å². The number of carboxylic acids is 1. The number of primary amides is 1. The highest BCUT2D eigenvalue weighted by atomic mass is 19.1. The molecule has 2 saturated heterocycles. The number of carbonyl (C=O) groups is 3. The van der Waals surface area contributed by atoms with Crippen molar-refractivity contribution in [3.05, 3.63) is 30.1 Å². The molecule has 1 aromatic rings. The molecule has 0 aromatic heterocycles. The molecule has 31 heavy (non-hydrogen) atoms. The number of benzene rings is 1. The fourth-order valence-electron chi connectivity index (χ4n) is 4.76. The lowest BCUT2D eigenvalue weighted by atomic mass is 9.81. The zero-order chi connectivity index (χ0) is 22.4. The van der Waals surface area contributed by atoms with Gasteiger partial charge in [0.2, 0.25) is 5.91 Å². The van der Waals surface area contributed by atoms with Gasteiger partial charge in [-0.15, -0.1) is 0 Å². The van der Waals surface area contributed by atoms with E-state index in [1.54, 1.807) is 4.90 Å². The number of halogens is 1. The molecule has 2 atom stereocenters. The topological polar surface area (TPSA) is 120 Å². The van der Waals surface area contributed by atoms with Crippen LogP contribution in [-0.4, -0.2) is 55.5 Å². The fraction of sp³-hybridized carbons (Fsp3) is 0.591. The Morgan fingerprint density at radius 1 is 1.13 bits per heavy atom. The van der Waals surface area contributed by atoms with Crippen LogP contribution in [-0.2, 0) is 9.59 Å². The van der Waals surface area contributed by atoms with Crippen molar-refractivity contribution in [1.29, 1.82) is 0 Å². The molecule has 0 radical (unpaired) electrons. The minimum absolute atomic E-state index is 0.00281. The maximum Gasteiger partial charge on any atom is 0.321 e. The summed E-state index contributed by atoms with van der Waals surface area (Å²) >= 11 is 0. The van der Waals surface area contributed by atoms with E-state index in [1.165, 1.54) is 29.2 Å². The normalized spacial score (nSPS) is 26.3. The number of anilines is 1. The van der Waals surface area contributed by atoms with Gasteiger partial charge < -0.3 is 30.8 Å². The molecule has 2 aliphatic rings. The third kappa shape index (κ3) is 6.65. The van der Waals surface area contributed by atoms with Crippen molar-refractivity contribution in [1.82, 2.24) is 4.90 Å². The van der Waals surface area contributed by atoms with Crippen molar-refractivity contribution < 1.29 is 28.8 Å². The van der Waals surface area contributed by atoms with Crippen molar-refractivity contribution in [2.45, 2.75) is 32.1 Å². The van der Waals surface area contributed by atoms with E-state index in [1.807, 2.05) is 0 Å². The van der Waals surface area contributed by atoms with Crippen LogP contribution in [0.15, 0.2) is 24.3 Å². The van der Waals surface area contributed by atoms with Crippen LogP contribution in [0.4, 0.5) is 14.9 Å². The second-order valence-corrected chi connectivity index (χ2v) is 8.73. The molecule has 2 fully saturated rings. The van der Waals surface area contributed by atoms with E-state index >= 15 is 0 Å². The molecule has 0 unspecified atom stereocenters. The lowest BCUT2D eigenvalue weighted by molar-refractivity contribution is -0.906. The van der Waals surface area contributed by atoms with Crippen LogP contribution in [0.25, 0.3) is 0 Å². The first-order valence-corrected chi connectivity index (χ1v) is 11.0. The minimum Gasteiger partial charge on any atom is -0.550 e. The van der Waals surface area contributed by atoms with Gasteiger partial charge in [0.15, 0.2) is 0 Å². The van der Waals surface area contributed by atoms with Crippen LogP contribution in [0.3, 0.4) is 0 Å². The van der Waals surface area contributed by atoms with Gasteiger partial charge in [-0.1, -0.05) is 0 Å². The highest BCUT2D eigenvalue weighted by Crippen LogP contribution is 2.29. The summed E-state index contributed by atoms with van der Waals surface area (Å²) in [4.78, 5) is 38.3. The number of nitrogens with one attached hydrogen (secondary N) is 2. The molecular weight excluding hydrogens is 403 g/mol. The molecule has 8 nitrogen and oxygen atoms in total. The molecule has 2 heterocycles. The maximum absolute atomic E-state index is 13.1. The molecule has 0 bridgehead atoms. The summed E-state index contributed by atoms with van der Waals surface area (Å²) in [7, 11) is 0. The van der Waals surface area contributed by atoms with Crippen LogP contribution in [0, 0.1) is 23.6 Å². The summed E-state index contributed by atoms with van der Waals surface area (Å²) in [6.45, 7) is 3.56. The first-order chi connectivity index (χ1) is 14.8. The van der Waals surface area contributed by atoms with Crippen LogP contribution in [0.2, 0.25) is 0 Å². The molecule has 3 rings (SSSR count). The number of quaternary nitrogens is 1. The van der Waals surface area contributed by atoms with Gasteiger partial charge in [0.1, 0.15) is 5.82 Å². The smallest absolute Gasteiger partial charge is 0.321 e. The Bertz CT molecular complexity index is 780. The Kier molecular flexibility index (Phi) is 7.84. The third-order valence-corrected chi connectivity index (χ3v) is 6.67. The number of hydrogen-bond donors (Lipinski definition) is 3. The quantitative estimate of drug-likeness (QED) is 0.541. The Morgan fingerprint density at radius 3 is 2.42 bits per heavy atom. The van der Waals surface area contributed by atoms with Gasteiger partial charge in [-0.3, -0.25) is 4.79 Å². The van der Waals surface area contributed by atoms with Gasteiger partial charge >= 0.3 is 6.03 Å². The number of nitrogens with zero attached hydrogens (tertiary/aromatic N) is 1. The molecule has 0 aliphatic carbocycles. The summed E-state index contributed by atoms with van der Waals surface area (Å²) in [6.07, 6.45) is 2.97. The fourth-order valence-corrected chi connectivity index (χ4v) is 4.76. The Labute approximate surface area is 181 Å². The minimum atomic E-state index is -1.06. The Balaban J connectivity index is 1.55. The van der Waals surface area contributed by atoms with Crippen molar-refractivity contribution in [3.8, 4) is 0 Å². The van der Waals surface area contributed by atoms with E-state index in [2.05, 4.69) is 5.32 Å². The number of amides is 3. The summed E-state index contributed by atoms with van der Waals surface area (Å²) < 4.78 is 13.1. The van der Waals surface area contributed by atoms with E-state index in [9.17, 15) is 23.9 Å². The molecule has 2 aliphatic heterocycles. The molecule has 3 amide bonds. The monoisotopic (exact) mass is 434 g/mol. The lowest BCUT2D eigenvalue weighted by Gasteiger charge is -2.39. The molecule has 4 N–H and O–H groups in total. The molecule has 0 saturated carbocycles. The van der Waals surface area contributed by atoms with E-state index in [-0.39, 0.29) is 41.9 Å². The maximum atomic E-state index is 13.1. The van der Waals surface area contributed by atoms with Crippen molar-refractivity contribution in [2.24, 2.45) is 23.5 Å². The number of carboxylic acid groups (broad SMARTS) is 1. The summed E-state index contributed by atoms with van der Waals surface area (Å²) in [5.74, 6) is -1.68. The van der Waals surface area contributed by atoms with E-state index in [0.717, 1.165) is 38.9 Å². The largest absolute Gasteiger partial charge is 0.550 e. The molecule has 170 valence electrons. The zero-order valence-electron chi connectivity index (χ0n) is 17.6. The predicted molar refractivity (Wildman–Crippen MR) is 110 cm³/mol. The second-order valence-electron chi connectivity index (χ2n) is 8.73. The summed E-state index contributed by atoms with van der Waals surface area (Å²) in [6, 6.07) is 5.32. The standard InChI is InChI=1S/C22H31FN4O4/c23-18-1-3-19(4-2-18)25-22(31)27-12-8-16(13-20(28)29)17(14-27)7-11-26-9-5-15(6-10-26)21(24)30/h1-4,15-17H,5-14H2,(H2,24,30)(H,25,31)(H,28,29)/t16-,17-/m0/s1. The van der Waals surface area contributed by atoms with Crippen LogP contribution in [0.5, 0.6) is 0 Å². The number of piperidine rings is 2. The number of rotatable bonds is 7. The molecule has 9 heteroatoms. The Morgan fingerprint density at radius 2 is 1.81 bits per heavy atom. The average Bonchev–Trinajstić information content (AvgIpc) is 2.74. The first-order valence-electron chi connectivity index (χ1n) is 11.0. The van der Waals surface area contributed by atoms with Crippen LogP contribution in [0.1, 0.15) is 32.1 Å².